The van der Waals surface area contributed by atoms with Crippen molar-refractivity contribution in [3.8, 4) is 0 Å². The minimum absolute atomic E-state index is 0.0404. The molecule has 5 nitrogen and oxygen atoms in total. The Hall–Kier alpha value is -2.08. The van der Waals surface area contributed by atoms with E-state index < -0.39 is 12.1 Å². The Morgan fingerprint density at radius 2 is 2.08 bits per heavy atom. The molecule has 6 heteroatoms. The molecule has 1 aliphatic rings. The van der Waals surface area contributed by atoms with E-state index in [1.807, 2.05) is 18.2 Å². The molecule has 0 unspecified atom stereocenters. The maximum Gasteiger partial charge on any atom is 0.375 e. The zero-order valence-corrected chi connectivity index (χ0v) is 14.8. The standard InChI is InChI=1S/C18H18BrNO4/c1-11(23-18(22)15-9-10-16(19)24-15)17(21)20-14-8-4-6-12-5-2-3-7-13(12)14/h2-3,5,7,9-11,14H,4,6,8H2,1H3,(H,20,21)/t11-,14+/m1/s1. The first kappa shape index (κ1) is 16.8. The molecule has 24 heavy (non-hydrogen) atoms. The van der Waals surface area contributed by atoms with Crippen LogP contribution in [0.2, 0.25) is 0 Å². The molecule has 2 aromatic rings. The van der Waals surface area contributed by atoms with E-state index in [0.717, 1.165) is 24.8 Å². The van der Waals surface area contributed by atoms with Gasteiger partial charge < -0.3 is 14.5 Å². The Morgan fingerprint density at radius 3 is 2.83 bits per heavy atom. The number of carbonyl (C=O) groups excluding carboxylic acids is 2. The van der Waals surface area contributed by atoms with Crippen LogP contribution in [-0.2, 0) is 16.0 Å². The van der Waals surface area contributed by atoms with E-state index in [1.54, 1.807) is 13.0 Å². The molecule has 1 N–H and O–H groups in total. The summed E-state index contributed by atoms with van der Waals surface area (Å²) in [5.74, 6) is -0.910. The van der Waals surface area contributed by atoms with Gasteiger partial charge >= 0.3 is 5.97 Å². The van der Waals surface area contributed by atoms with E-state index in [-0.39, 0.29) is 17.7 Å². The molecule has 1 aromatic carbocycles. The number of benzene rings is 1. The highest BCUT2D eigenvalue weighted by Gasteiger charge is 2.26. The van der Waals surface area contributed by atoms with Crippen molar-refractivity contribution in [2.75, 3.05) is 0 Å². The molecule has 0 radical (unpaired) electrons. The second-order valence-corrected chi connectivity index (χ2v) is 6.59. The number of ether oxygens (including phenoxy) is 1. The molecule has 1 aliphatic carbocycles. The van der Waals surface area contributed by atoms with Crippen LogP contribution >= 0.6 is 15.9 Å². The fourth-order valence-electron chi connectivity index (χ4n) is 2.89. The van der Waals surface area contributed by atoms with Gasteiger partial charge in [-0.15, -0.1) is 0 Å². The summed E-state index contributed by atoms with van der Waals surface area (Å²) in [5.41, 5.74) is 2.41. The van der Waals surface area contributed by atoms with E-state index >= 15 is 0 Å². The number of amides is 1. The zero-order valence-electron chi connectivity index (χ0n) is 13.3. The molecule has 1 aromatic heterocycles. The molecule has 0 saturated heterocycles. The van der Waals surface area contributed by atoms with Crippen molar-refractivity contribution in [2.24, 2.45) is 0 Å². The zero-order chi connectivity index (χ0) is 17.1. The van der Waals surface area contributed by atoms with E-state index in [1.165, 1.54) is 11.6 Å². The first-order chi connectivity index (χ1) is 11.5. The van der Waals surface area contributed by atoms with Gasteiger partial charge in [-0.3, -0.25) is 4.79 Å². The summed E-state index contributed by atoms with van der Waals surface area (Å²) in [7, 11) is 0. The summed E-state index contributed by atoms with van der Waals surface area (Å²) in [6.07, 6.45) is 2.04. The number of halogens is 1. The summed E-state index contributed by atoms with van der Waals surface area (Å²) < 4.78 is 10.7. The molecule has 0 saturated carbocycles. The van der Waals surface area contributed by atoms with E-state index in [4.69, 9.17) is 9.15 Å². The van der Waals surface area contributed by atoms with Crippen molar-refractivity contribution >= 4 is 27.8 Å². The fourth-order valence-corrected chi connectivity index (χ4v) is 3.20. The van der Waals surface area contributed by atoms with Gasteiger partial charge in [0.2, 0.25) is 5.76 Å². The van der Waals surface area contributed by atoms with Gasteiger partial charge in [0, 0.05) is 0 Å². The molecular weight excluding hydrogens is 374 g/mol. The van der Waals surface area contributed by atoms with Crippen molar-refractivity contribution in [2.45, 2.75) is 38.3 Å². The Kier molecular flexibility index (Phi) is 5.04. The third-order valence-corrected chi connectivity index (χ3v) is 4.54. The molecule has 1 heterocycles. The summed E-state index contributed by atoms with van der Waals surface area (Å²) >= 11 is 3.12. The molecule has 0 bridgehead atoms. The van der Waals surface area contributed by atoms with Crippen LogP contribution in [-0.4, -0.2) is 18.0 Å². The number of fused-ring (bicyclic) bond motifs is 1. The predicted molar refractivity (Wildman–Crippen MR) is 91.5 cm³/mol. The van der Waals surface area contributed by atoms with Gasteiger partial charge in [-0.05, 0) is 65.4 Å². The van der Waals surface area contributed by atoms with Gasteiger partial charge in [-0.2, -0.15) is 0 Å². The topological polar surface area (TPSA) is 68.5 Å². The molecule has 3 rings (SSSR count). The maximum absolute atomic E-state index is 12.4. The van der Waals surface area contributed by atoms with Crippen LogP contribution in [0.4, 0.5) is 0 Å². The lowest BCUT2D eigenvalue weighted by atomic mass is 9.87. The highest BCUT2D eigenvalue weighted by Crippen LogP contribution is 2.29. The third-order valence-electron chi connectivity index (χ3n) is 4.11. The Morgan fingerprint density at radius 1 is 1.29 bits per heavy atom. The van der Waals surface area contributed by atoms with E-state index in [0.29, 0.717) is 4.67 Å². The Labute approximate surface area is 148 Å². The van der Waals surface area contributed by atoms with Crippen LogP contribution in [0.3, 0.4) is 0 Å². The van der Waals surface area contributed by atoms with Crippen molar-refractivity contribution in [1.29, 1.82) is 0 Å². The van der Waals surface area contributed by atoms with Crippen LogP contribution in [0.25, 0.3) is 0 Å². The van der Waals surface area contributed by atoms with Crippen LogP contribution in [0.1, 0.15) is 47.5 Å². The number of esters is 1. The highest BCUT2D eigenvalue weighted by atomic mass is 79.9. The Bertz CT molecular complexity index is 755. The monoisotopic (exact) mass is 391 g/mol. The molecular formula is C18H18BrNO4. The fraction of sp³-hybridized carbons (Fsp3) is 0.333. The van der Waals surface area contributed by atoms with Gasteiger partial charge in [0.15, 0.2) is 10.8 Å². The molecule has 0 aliphatic heterocycles. The summed E-state index contributed by atoms with van der Waals surface area (Å²) in [4.78, 5) is 24.3. The van der Waals surface area contributed by atoms with Gasteiger partial charge in [0.1, 0.15) is 0 Å². The number of furan rings is 1. The van der Waals surface area contributed by atoms with Gasteiger partial charge in [0.05, 0.1) is 6.04 Å². The van der Waals surface area contributed by atoms with Crippen LogP contribution in [0.5, 0.6) is 0 Å². The first-order valence-electron chi connectivity index (χ1n) is 7.89. The normalized spacial score (nSPS) is 17.7. The van der Waals surface area contributed by atoms with E-state index in [2.05, 4.69) is 27.3 Å². The van der Waals surface area contributed by atoms with Crippen LogP contribution in [0.15, 0.2) is 45.5 Å². The number of rotatable bonds is 4. The average molecular weight is 392 g/mol. The van der Waals surface area contributed by atoms with Crippen molar-refractivity contribution < 1.29 is 18.7 Å². The van der Waals surface area contributed by atoms with Crippen LogP contribution < -0.4 is 5.32 Å². The lowest BCUT2D eigenvalue weighted by molar-refractivity contribution is -0.130. The molecule has 0 spiro atoms. The highest BCUT2D eigenvalue weighted by molar-refractivity contribution is 9.10. The van der Waals surface area contributed by atoms with Crippen molar-refractivity contribution in [3.05, 3.63) is 58.0 Å². The lowest BCUT2D eigenvalue weighted by Crippen LogP contribution is -2.39. The number of carbonyl (C=O) groups is 2. The summed E-state index contributed by atoms with van der Waals surface area (Å²) in [6.45, 7) is 1.56. The SMILES string of the molecule is C[C@@H](OC(=O)c1ccc(Br)o1)C(=O)N[C@H]1CCCc2ccccc21. The second kappa shape index (κ2) is 7.21. The third kappa shape index (κ3) is 3.70. The second-order valence-electron chi connectivity index (χ2n) is 5.80. The molecule has 2 atom stereocenters. The lowest BCUT2D eigenvalue weighted by Gasteiger charge is -2.27. The molecule has 0 fully saturated rings. The number of nitrogens with one attached hydrogen (secondary N) is 1. The Balaban J connectivity index is 1.62. The van der Waals surface area contributed by atoms with Gasteiger partial charge in [0.25, 0.3) is 5.91 Å². The summed E-state index contributed by atoms with van der Waals surface area (Å²) in [5, 5.41) is 2.98. The minimum atomic E-state index is -0.893. The molecule has 126 valence electrons. The van der Waals surface area contributed by atoms with Gasteiger partial charge in [-0.25, -0.2) is 4.79 Å². The summed E-state index contributed by atoms with van der Waals surface area (Å²) in [6, 6.07) is 11.2. The number of hydrogen-bond donors (Lipinski definition) is 1. The minimum Gasteiger partial charge on any atom is -0.447 e. The smallest absolute Gasteiger partial charge is 0.375 e. The predicted octanol–water partition coefficient (Wildman–Crippen LogP) is 3.78. The quantitative estimate of drug-likeness (QED) is 0.805. The van der Waals surface area contributed by atoms with E-state index in [9.17, 15) is 9.59 Å². The van der Waals surface area contributed by atoms with Gasteiger partial charge in [-0.1, -0.05) is 24.3 Å². The maximum atomic E-state index is 12.4. The molecule has 1 amide bonds. The average Bonchev–Trinajstić information content (AvgIpc) is 3.01. The van der Waals surface area contributed by atoms with Crippen molar-refractivity contribution in [1.82, 2.24) is 5.32 Å². The largest absolute Gasteiger partial charge is 0.447 e. The van der Waals surface area contributed by atoms with Crippen molar-refractivity contribution in [3.63, 3.8) is 0 Å². The van der Waals surface area contributed by atoms with Crippen LogP contribution in [0, 0.1) is 0 Å². The first-order valence-corrected chi connectivity index (χ1v) is 8.68. The number of aryl methyl sites for hydroxylation is 1. The number of hydrogen-bond acceptors (Lipinski definition) is 4.